The number of thioether (sulfide) groups is 1. The van der Waals surface area contributed by atoms with E-state index in [-0.39, 0.29) is 18.1 Å². The lowest BCUT2D eigenvalue weighted by molar-refractivity contribution is 0.102. The first-order valence-corrected chi connectivity index (χ1v) is 10.4. The molecule has 146 valence electrons. The molecule has 0 spiro atoms. The minimum atomic E-state index is 0.0839. The van der Waals surface area contributed by atoms with Crippen molar-refractivity contribution in [3.8, 4) is 5.75 Å². The van der Waals surface area contributed by atoms with E-state index < -0.39 is 0 Å². The number of ketones is 1. The predicted molar refractivity (Wildman–Crippen MR) is 107 cm³/mol. The molecule has 0 atom stereocenters. The lowest BCUT2D eigenvalue weighted by Crippen LogP contribution is -2.05. The lowest BCUT2D eigenvalue weighted by Gasteiger charge is -2.07. The van der Waals surface area contributed by atoms with Gasteiger partial charge in [0.05, 0.1) is 5.75 Å². The number of carbonyl (C=O) groups is 1. The summed E-state index contributed by atoms with van der Waals surface area (Å²) in [6, 6.07) is 10.3. The number of benzene rings is 1. The highest BCUT2D eigenvalue weighted by atomic mass is 32.2. The van der Waals surface area contributed by atoms with Crippen LogP contribution in [0.2, 0.25) is 0 Å². The molecule has 0 bridgehead atoms. The van der Waals surface area contributed by atoms with Crippen molar-refractivity contribution in [2.75, 3.05) is 5.75 Å². The molecule has 6 nitrogen and oxygen atoms in total. The number of aromatic nitrogens is 3. The normalized spacial score (nSPS) is 13.7. The van der Waals surface area contributed by atoms with E-state index in [9.17, 15) is 4.79 Å². The van der Waals surface area contributed by atoms with Gasteiger partial charge in [0, 0.05) is 23.0 Å². The molecule has 0 saturated heterocycles. The van der Waals surface area contributed by atoms with Crippen molar-refractivity contribution < 1.29 is 13.9 Å². The topological polar surface area (TPSA) is 70.2 Å². The van der Waals surface area contributed by atoms with Gasteiger partial charge in [-0.2, -0.15) is 0 Å². The molecule has 0 unspecified atom stereocenters. The van der Waals surface area contributed by atoms with Crippen LogP contribution in [-0.2, 0) is 6.61 Å². The number of carbonyl (C=O) groups excluding carboxylic acids is 1. The molecule has 3 aromatic rings. The van der Waals surface area contributed by atoms with Crippen LogP contribution >= 0.6 is 11.8 Å². The van der Waals surface area contributed by atoms with Crippen LogP contribution in [0.1, 0.15) is 52.1 Å². The Balaban J connectivity index is 1.32. The van der Waals surface area contributed by atoms with Crippen molar-refractivity contribution in [3.05, 3.63) is 58.7 Å². The first kappa shape index (κ1) is 18.8. The number of hydrogen-bond acceptors (Lipinski definition) is 6. The average Bonchev–Trinajstić information content (AvgIpc) is 3.32. The molecule has 1 fully saturated rings. The third-order valence-corrected chi connectivity index (χ3v) is 5.67. The summed E-state index contributed by atoms with van der Waals surface area (Å²) in [6.07, 6.45) is 2.41. The summed E-state index contributed by atoms with van der Waals surface area (Å²) in [5.41, 5.74) is 4.18. The van der Waals surface area contributed by atoms with Crippen LogP contribution < -0.4 is 4.74 Å². The molecule has 1 aliphatic rings. The molecule has 1 aliphatic carbocycles. The maximum Gasteiger partial charge on any atom is 0.277 e. The van der Waals surface area contributed by atoms with Gasteiger partial charge in [-0.3, -0.25) is 4.79 Å². The van der Waals surface area contributed by atoms with Gasteiger partial charge in [-0.15, -0.1) is 10.2 Å². The number of Topliss-reactive ketones (excluding diaryl/α,β-unsaturated/α-hetero) is 1. The monoisotopic (exact) mass is 397 g/mol. The third kappa shape index (κ3) is 4.14. The summed E-state index contributed by atoms with van der Waals surface area (Å²) in [5.74, 6) is 1.50. The van der Waals surface area contributed by atoms with E-state index >= 15 is 0 Å². The van der Waals surface area contributed by atoms with Crippen LogP contribution in [0.4, 0.5) is 0 Å². The number of hydrogen-bond donors (Lipinski definition) is 0. The maximum absolute atomic E-state index is 12.6. The molecule has 7 heteroatoms. The van der Waals surface area contributed by atoms with Crippen LogP contribution in [0.15, 0.2) is 40.0 Å². The first-order chi connectivity index (χ1) is 13.5. The van der Waals surface area contributed by atoms with Crippen LogP contribution in [0.3, 0.4) is 0 Å². The molecule has 4 rings (SSSR count). The first-order valence-electron chi connectivity index (χ1n) is 9.37. The summed E-state index contributed by atoms with van der Waals surface area (Å²) in [5, 5.41) is 8.37. The van der Waals surface area contributed by atoms with Crippen LogP contribution in [0, 0.1) is 20.8 Å². The number of aryl methyl sites for hydroxylation is 2. The molecule has 0 aliphatic heterocycles. The summed E-state index contributed by atoms with van der Waals surface area (Å²) in [7, 11) is 0. The molecule has 0 N–H and O–H groups in total. The third-order valence-electron chi connectivity index (χ3n) is 4.86. The van der Waals surface area contributed by atoms with Gasteiger partial charge in [0.25, 0.3) is 11.1 Å². The lowest BCUT2D eigenvalue weighted by atomic mass is 10.2. The van der Waals surface area contributed by atoms with Gasteiger partial charge in [0.1, 0.15) is 5.75 Å². The Morgan fingerprint density at radius 1 is 1.21 bits per heavy atom. The van der Waals surface area contributed by atoms with Crippen LogP contribution in [-0.4, -0.2) is 26.3 Å². The zero-order chi connectivity index (χ0) is 19.7. The molecular formula is C21H23N3O3S. The van der Waals surface area contributed by atoms with E-state index in [4.69, 9.17) is 9.15 Å². The second kappa shape index (κ2) is 7.83. The fourth-order valence-corrected chi connectivity index (χ4v) is 3.96. The Bertz CT molecular complexity index is 987. The highest BCUT2D eigenvalue weighted by Crippen LogP contribution is 2.38. The summed E-state index contributed by atoms with van der Waals surface area (Å²) in [4.78, 5) is 12.6. The molecule has 0 radical (unpaired) electrons. The van der Waals surface area contributed by atoms with Gasteiger partial charge < -0.3 is 13.7 Å². The molecule has 1 saturated carbocycles. The zero-order valence-corrected chi connectivity index (χ0v) is 17.1. The van der Waals surface area contributed by atoms with Gasteiger partial charge in [0.15, 0.2) is 12.4 Å². The van der Waals surface area contributed by atoms with Gasteiger partial charge >= 0.3 is 0 Å². The van der Waals surface area contributed by atoms with Crippen molar-refractivity contribution in [1.82, 2.24) is 14.8 Å². The molecule has 28 heavy (non-hydrogen) atoms. The second-order valence-corrected chi connectivity index (χ2v) is 8.09. The average molecular weight is 398 g/mol. The van der Waals surface area contributed by atoms with Gasteiger partial charge in [-0.1, -0.05) is 29.5 Å². The summed E-state index contributed by atoms with van der Waals surface area (Å²) in [6.45, 7) is 6.31. The standard InChI is InChI=1S/C21H23N3O3S/c1-13-4-8-17(9-5-13)26-11-20-22-23-21(27-20)28-12-19(25)18-10-14(2)24(15(18)3)16-6-7-16/h4-5,8-10,16H,6-7,11-12H2,1-3H3. The number of nitrogens with zero attached hydrogens (tertiary/aromatic N) is 3. The van der Waals surface area contributed by atoms with Crippen molar-refractivity contribution in [2.45, 2.75) is 51.5 Å². The fourth-order valence-electron chi connectivity index (χ4n) is 3.29. The number of ether oxygens (including phenoxy) is 1. The molecule has 1 aromatic carbocycles. The minimum absolute atomic E-state index is 0.0839. The Kier molecular flexibility index (Phi) is 5.26. The quantitative estimate of drug-likeness (QED) is 0.406. The van der Waals surface area contributed by atoms with E-state index in [0.717, 1.165) is 22.7 Å². The minimum Gasteiger partial charge on any atom is -0.484 e. The molecule has 2 aromatic heterocycles. The van der Waals surface area contributed by atoms with Crippen molar-refractivity contribution in [3.63, 3.8) is 0 Å². The zero-order valence-electron chi connectivity index (χ0n) is 16.3. The Labute approximate surface area is 168 Å². The smallest absolute Gasteiger partial charge is 0.277 e. The van der Waals surface area contributed by atoms with Crippen LogP contribution in [0.5, 0.6) is 5.75 Å². The van der Waals surface area contributed by atoms with E-state index in [1.165, 1.54) is 30.2 Å². The number of rotatable bonds is 8. The Hall–Kier alpha value is -2.54. The van der Waals surface area contributed by atoms with E-state index in [1.807, 2.05) is 44.2 Å². The van der Waals surface area contributed by atoms with Gasteiger partial charge in [0.2, 0.25) is 0 Å². The highest BCUT2D eigenvalue weighted by molar-refractivity contribution is 7.99. The second-order valence-electron chi connectivity index (χ2n) is 7.16. The largest absolute Gasteiger partial charge is 0.484 e. The van der Waals surface area contributed by atoms with Crippen molar-refractivity contribution in [2.24, 2.45) is 0 Å². The summed E-state index contributed by atoms with van der Waals surface area (Å²) < 4.78 is 13.5. The van der Waals surface area contributed by atoms with Crippen molar-refractivity contribution in [1.29, 1.82) is 0 Å². The van der Waals surface area contributed by atoms with Gasteiger partial charge in [-0.25, -0.2) is 0 Å². The van der Waals surface area contributed by atoms with E-state index in [2.05, 4.69) is 21.7 Å². The highest BCUT2D eigenvalue weighted by Gasteiger charge is 2.28. The Morgan fingerprint density at radius 2 is 1.96 bits per heavy atom. The summed E-state index contributed by atoms with van der Waals surface area (Å²) >= 11 is 1.26. The Morgan fingerprint density at radius 3 is 2.68 bits per heavy atom. The molecule has 2 heterocycles. The van der Waals surface area contributed by atoms with E-state index in [1.54, 1.807) is 0 Å². The van der Waals surface area contributed by atoms with Crippen molar-refractivity contribution >= 4 is 17.5 Å². The SMILES string of the molecule is Cc1ccc(OCc2nnc(SCC(=O)c3cc(C)n(C4CC4)c3C)o2)cc1. The molecular weight excluding hydrogens is 374 g/mol. The van der Waals surface area contributed by atoms with Gasteiger partial charge in [-0.05, 0) is 51.8 Å². The predicted octanol–water partition coefficient (Wildman–Crippen LogP) is 4.69. The van der Waals surface area contributed by atoms with E-state index in [0.29, 0.717) is 17.2 Å². The molecule has 0 amide bonds. The maximum atomic E-state index is 12.6. The fraction of sp³-hybridized carbons (Fsp3) is 0.381. The van der Waals surface area contributed by atoms with Crippen LogP contribution in [0.25, 0.3) is 0 Å².